The zero-order valence-corrected chi connectivity index (χ0v) is 14.6. The van der Waals surface area contributed by atoms with Crippen molar-refractivity contribution in [1.82, 2.24) is 24.6 Å². The van der Waals surface area contributed by atoms with Gasteiger partial charge in [0.1, 0.15) is 5.82 Å². The lowest BCUT2D eigenvalue weighted by molar-refractivity contribution is 0.291. The second kappa shape index (κ2) is 8.26. The number of aromatic nitrogens is 4. The summed E-state index contributed by atoms with van der Waals surface area (Å²) in [7, 11) is 4.03. The summed E-state index contributed by atoms with van der Waals surface area (Å²) < 4.78 is 7.11. The molecule has 2 aromatic heterocycles. The van der Waals surface area contributed by atoms with E-state index in [1.54, 1.807) is 0 Å². The summed E-state index contributed by atoms with van der Waals surface area (Å²) in [5, 5.41) is 3.90. The fourth-order valence-electron chi connectivity index (χ4n) is 2.31. The standard InChI is InChI=1S/C14H18N6O.2ClH/c1-19(8-12-17-14(7-15)21-18-12)9-13-16-10-5-3-4-6-11(10)20(13)2;;/h3-6H,7-9,15H2,1-2H3;2*1H. The molecule has 0 fully saturated rings. The number of para-hydroxylation sites is 2. The average molecular weight is 359 g/mol. The molecule has 0 unspecified atom stereocenters. The van der Waals surface area contributed by atoms with E-state index in [4.69, 9.17) is 10.3 Å². The normalized spacial score (nSPS) is 10.6. The van der Waals surface area contributed by atoms with Crippen molar-refractivity contribution in [3.8, 4) is 0 Å². The van der Waals surface area contributed by atoms with Crippen LogP contribution in [0.15, 0.2) is 28.8 Å². The smallest absolute Gasteiger partial charge is 0.240 e. The van der Waals surface area contributed by atoms with Crippen LogP contribution < -0.4 is 5.73 Å². The highest BCUT2D eigenvalue weighted by Crippen LogP contribution is 2.15. The number of aryl methyl sites for hydroxylation is 1. The Labute approximate surface area is 146 Å². The van der Waals surface area contributed by atoms with Crippen LogP contribution in [0.1, 0.15) is 17.5 Å². The first-order valence-electron chi connectivity index (χ1n) is 6.78. The third-order valence-electron chi connectivity index (χ3n) is 3.39. The van der Waals surface area contributed by atoms with Gasteiger partial charge in [0.15, 0.2) is 5.82 Å². The summed E-state index contributed by atoms with van der Waals surface area (Å²) in [6, 6.07) is 8.10. The molecule has 7 nitrogen and oxygen atoms in total. The van der Waals surface area contributed by atoms with Gasteiger partial charge in [-0.2, -0.15) is 4.98 Å². The van der Waals surface area contributed by atoms with Gasteiger partial charge in [-0.05, 0) is 19.2 Å². The van der Waals surface area contributed by atoms with Crippen LogP contribution in [0.25, 0.3) is 11.0 Å². The van der Waals surface area contributed by atoms with Crippen molar-refractivity contribution < 1.29 is 4.52 Å². The van der Waals surface area contributed by atoms with Gasteiger partial charge in [0.2, 0.25) is 5.89 Å². The minimum absolute atomic E-state index is 0. The van der Waals surface area contributed by atoms with Crippen LogP contribution in [-0.2, 0) is 26.7 Å². The molecule has 0 amide bonds. The van der Waals surface area contributed by atoms with Crippen LogP contribution in [0, 0.1) is 0 Å². The minimum atomic E-state index is 0. The van der Waals surface area contributed by atoms with E-state index >= 15 is 0 Å². The van der Waals surface area contributed by atoms with Crippen LogP contribution in [-0.4, -0.2) is 31.6 Å². The molecule has 0 spiro atoms. The summed E-state index contributed by atoms with van der Waals surface area (Å²) in [6.07, 6.45) is 0. The Morgan fingerprint density at radius 2 is 1.91 bits per heavy atom. The lowest BCUT2D eigenvalue weighted by Crippen LogP contribution is -2.20. The van der Waals surface area contributed by atoms with E-state index in [0.717, 1.165) is 16.9 Å². The maximum Gasteiger partial charge on any atom is 0.240 e. The van der Waals surface area contributed by atoms with Crippen molar-refractivity contribution in [1.29, 1.82) is 0 Å². The molecule has 2 heterocycles. The monoisotopic (exact) mass is 358 g/mol. The fourth-order valence-corrected chi connectivity index (χ4v) is 2.31. The molecule has 3 rings (SSSR count). The summed E-state index contributed by atoms with van der Waals surface area (Å²) in [4.78, 5) is 10.9. The number of nitrogens with zero attached hydrogens (tertiary/aromatic N) is 5. The number of nitrogens with two attached hydrogens (primary N) is 1. The largest absolute Gasteiger partial charge is 0.338 e. The molecule has 0 saturated carbocycles. The number of hydrogen-bond acceptors (Lipinski definition) is 6. The highest BCUT2D eigenvalue weighted by atomic mass is 35.5. The molecule has 0 aliphatic rings. The number of benzene rings is 1. The van der Waals surface area contributed by atoms with Crippen molar-refractivity contribution in [2.24, 2.45) is 12.8 Å². The van der Waals surface area contributed by atoms with Crippen molar-refractivity contribution in [3.63, 3.8) is 0 Å². The molecule has 0 bridgehead atoms. The minimum Gasteiger partial charge on any atom is -0.338 e. The molecule has 3 aromatic rings. The Hall–Kier alpha value is -1.67. The molecular weight excluding hydrogens is 339 g/mol. The topological polar surface area (TPSA) is 86.0 Å². The third-order valence-corrected chi connectivity index (χ3v) is 3.39. The quantitative estimate of drug-likeness (QED) is 0.749. The summed E-state index contributed by atoms with van der Waals surface area (Å²) >= 11 is 0. The van der Waals surface area contributed by atoms with Crippen LogP contribution in [0.5, 0.6) is 0 Å². The summed E-state index contributed by atoms with van der Waals surface area (Å²) in [5.74, 6) is 2.10. The van der Waals surface area contributed by atoms with Crippen LogP contribution in [0.2, 0.25) is 0 Å². The fraction of sp³-hybridized carbons (Fsp3) is 0.357. The Balaban J connectivity index is 0.00000132. The molecular formula is C14H20Cl2N6O. The maximum absolute atomic E-state index is 5.46. The predicted molar refractivity (Wildman–Crippen MR) is 92.6 cm³/mol. The molecule has 1 aromatic carbocycles. The van der Waals surface area contributed by atoms with Crippen LogP contribution in [0.3, 0.4) is 0 Å². The molecule has 9 heteroatoms. The zero-order chi connectivity index (χ0) is 14.8. The highest BCUT2D eigenvalue weighted by Gasteiger charge is 2.12. The second-order valence-electron chi connectivity index (χ2n) is 5.06. The molecule has 2 N–H and O–H groups in total. The van der Waals surface area contributed by atoms with E-state index in [9.17, 15) is 0 Å². The molecule has 23 heavy (non-hydrogen) atoms. The Bertz CT molecular complexity index is 757. The number of fused-ring (bicyclic) bond motifs is 1. The number of hydrogen-bond donors (Lipinski definition) is 1. The molecule has 0 atom stereocenters. The van der Waals surface area contributed by atoms with Crippen LogP contribution in [0.4, 0.5) is 0 Å². The van der Waals surface area contributed by atoms with Gasteiger partial charge in [0.05, 0.1) is 30.7 Å². The van der Waals surface area contributed by atoms with E-state index < -0.39 is 0 Å². The van der Waals surface area contributed by atoms with Crippen LogP contribution >= 0.6 is 24.8 Å². The zero-order valence-electron chi connectivity index (χ0n) is 13.0. The van der Waals surface area contributed by atoms with Gasteiger partial charge < -0.3 is 14.8 Å². The Morgan fingerprint density at radius 1 is 1.17 bits per heavy atom. The van der Waals surface area contributed by atoms with Crippen molar-refractivity contribution in [3.05, 3.63) is 41.8 Å². The van der Waals surface area contributed by atoms with Gasteiger partial charge in [-0.25, -0.2) is 4.98 Å². The van der Waals surface area contributed by atoms with E-state index in [0.29, 0.717) is 24.8 Å². The number of rotatable bonds is 5. The van der Waals surface area contributed by atoms with Crippen molar-refractivity contribution in [2.45, 2.75) is 19.6 Å². The number of halogens is 2. The summed E-state index contributed by atoms with van der Waals surface area (Å²) in [5.41, 5.74) is 7.60. The molecule has 0 saturated heterocycles. The molecule has 0 aliphatic carbocycles. The van der Waals surface area contributed by atoms with E-state index in [2.05, 4.69) is 30.7 Å². The molecule has 126 valence electrons. The Morgan fingerprint density at radius 3 is 2.57 bits per heavy atom. The van der Waals surface area contributed by atoms with Gasteiger partial charge in [-0.1, -0.05) is 17.3 Å². The highest BCUT2D eigenvalue weighted by molar-refractivity contribution is 5.85. The molecule has 0 radical (unpaired) electrons. The first-order chi connectivity index (χ1) is 10.2. The average Bonchev–Trinajstić information content (AvgIpc) is 3.05. The third kappa shape index (κ3) is 4.20. The van der Waals surface area contributed by atoms with Gasteiger partial charge >= 0.3 is 0 Å². The van der Waals surface area contributed by atoms with Gasteiger partial charge in [-0.15, -0.1) is 24.8 Å². The summed E-state index contributed by atoms with van der Waals surface area (Å²) in [6.45, 7) is 1.56. The number of imidazole rings is 1. The lowest BCUT2D eigenvalue weighted by atomic mass is 10.3. The Kier molecular flexibility index (Phi) is 6.96. The first kappa shape index (κ1) is 19.4. The van der Waals surface area contributed by atoms with Crippen molar-refractivity contribution >= 4 is 35.8 Å². The predicted octanol–water partition coefficient (Wildman–Crippen LogP) is 1.89. The SMILES string of the molecule is CN(Cc1noc(CN)n1)Cc1nc2ccccc2n1C.Cl.Cl. The van der Waals surface area contributed by atoms with E-state index in [-0.39, 0.29) is 31.4 Å². The molecule has 0 aliphatic heterocycles. The lowest BCUT2D eigenvalue weighted by Gasteiger charge is -2.13. The first-order valence-corrected chi connectivity index (χ1v) is 6.78. The van der Waals surface area contributed by atoms with Crippen molar-refractivity contribution in [2.75, 3.05) is 7.05 Å². The van der Waals surface area contributed by atoms with Gasteiger partial charge in [-0.3, -0.25) is 4.90 Å². The van der Waals surface area contributed by atoms with E-state index in [1.807, 2.05) is 32.3 Å². The maximum atomic E-state index is 5.46. The van der Waals surface area contributed by atoms with Gasteiger partial charge in [0, 0.05) is 7.05 Å². The van der Waals surface area contributed by atoms with Gasteiger partial charge in [0.25, 0.3) is 0 Å². The second-order valence-corrected chi connectivity index (χ2v) is 5.06. The van der Waals surface area contributed by atoms with E-state index in [1.165, 1.54) is 0 Å².